The maximum Gasteiger partial charge on any atom is 0.303 e. The van der Waals surface area contributed by atoms with Gasteiger partial charge in [0.1, 0.15) is 5.60 Å². The molecule has 0 N–H and O–H groups in total. The molecule has 4 heteroatoms. The van der Waals surface area contributed by atoms with Crippen molar-refractivity contribution >= 4 is 5.97 Å². The molecule has 0 amide bonds. The van der Waals surface area contributed by atoms with Gasteiger partial charge in [-0.25, -0.2) is 0 Å². The molecule has 0 bridgehead atoms. The zero-order valence-corrected chi connectivity index (χ0v) is 11.7. The molecular weight excluding hydrogens is 218 g/mol. The zero-order chi connectivity index (χ0) is 13.1. The Balaban J connectivity index is 2.60. The molecule has 0 aromatic carbocycles. The Kier molecular flexibility index (Phi) is 4.55. The van der Waals surface area contributed by atoms with Crippen molar-refractivity contribution in [3.63, 3.8) is 0 Å². The average Bonchev–Trinajstić information content (AvgIpc) is 2.15. The second-order valence-electron chi connectivity index (χ2n) is 5.94. The summed E-state index contributed by atoms with van der Waals surface area (Å²) in [4.78, 5) is 13.5. The van der Waals surface area contributed by atoms with E-state index in [4.69, 9.17) is 9.47 Å². The molecule has 1 aliphatic rings. The molecule has 1 saturated heterocycles. The lowest BCUT2D eigenvalue weighted by molar-refractivity contribution is -0.157. The molecule has 0 aromatic rings. The first-order valence-electron chi connectivity index (χ1n) is 6.25. The van der Waals surface area contributed by atoms with Gasteiger partial charge in [-0.15, -0.1) is 0 Å². The maximum atomic E-state index is 11.1. The summed E-state index contributed by atoms with van der Waals surface area (Å²) in [5.41, 5.74) is -0.406. The van der Waals surface area contributed by atoms with Crippen molar-refractivity contribution in [3.8, 4) is 0 Å². The summed E-state index contributed by atoms with van der Waals surface area (Å²) in [7, 11) is 0. The highest BCUT2D eigenvalue weighted by Crippen LogP contribution is 2.29. The van der Waals surface area contributed by atoms with Crippen LogP contribution in [0.2, 0.25) is 0 Å². The van der Waals surface area contributed by atoms with Crippen LogP contribution in [-0.2, 0) is 14.3 Å². The van der Waals surface area contributed by atoms with Crippen LogP contribution >= 0.6 is 0 Å². The number of rotatable bonds is 4. The van der Waals surface area contributed by atoms with E-state index in [1.807, 2.05) is 13.8 Å². The van der Waals surface area contributed by atoms with Crippen molar-refractivity contribution < 1.29 is 14.3 Å². The minimum Gasteiger partial charge on any atom is -0.460 e. The molecule has 1 rings (SSSR count). The normalized spacial score (nSPS) is 19.1. The summed E-state index contributed by atoms with van der Waals surface area (Å²) in [6, 6.07) is 0. The topological polar surface area (TPSA) is 38.8 Å². The van der Waals surface area contributed by atoms with Gasteiger partial charge < -0.3 is 9.47 Å². The lowest BCUT2D eigenvalue weighted by Crippen LogP contribution is -2.53. The van der Waals surface area contributed by atoms with Crippen LogP contribution in [0.5, 0.6) is 0 Å². The molecule has 0 spiro atoms. The predicted molar refractivity (Wildman–Crippen MR) is 66.9 cm³/mol. The lowest BCUT2D eigenvalue weighted by atomic mass is 9.87. The molecule has 0 saturated carbocycles. The van der Waals surface area contributed by atoms with E-state index in [2.05, 4.69) is 18.7 Å². The van der Waals surface area contributed by atoms with E-state index in [1.54, 1.807) is 0 Å². The number of carbonyl (C=O) groups excluding carboxylic acids is 1. The second-order valence-corrected chi connectivity index (χ2v) is 5.94. The SMILES string of the molecule is CC(=O)OC(C)(C)CC(C)(C)N1CCOCC1. The molecule has 1 fully saturated rings. The molecule has 4 nitrogen and oxygen atoms in total. The van der Waals surface area contributed by atoms with E-state index < -0.39 is 5.60 Å². The molecule has 17 heavy (non-hydrogen) atoms. The Bertz CT molecular complexity index is 268. The molecule has 0 atom stereocenters. The van der Waals surface area contributed by atoms with Crippen LogP contribution in [0.3, 0.4) is 0 Å². The number of hydrogen-bond acceptors (Lipinski definition) is 4. The fraction of sp³-hybridized carbons (Fsp3) is 0.923. The third-order valence-corrected chi connectivity index (χ3v) is 3.15. The minimum atomic E-state index is -0.423. The van der Waals surface area contributed by atoms with Crippen LogP contribution in [0.1, 0.15) is 41.0 Å². The van der Waals surface area contributed by atoms with Crippen LogP contribution in [0.4, 0.5) is 0 Å². The van der Waals surface area contributed by atoms with Crippen molar-refractivity contribution in [2.45, 2.75) is 52.2 Å². The number of hydrogen-bond donors (Lipinski definition) is 0. The van der Waals surface area contributed by atoms with Gasteiger partial charge in [0, 0.05) is 32.0 Å². The van der Waals surface area contributed by atoms with Gasteiger partial charge in [0.15, 0.2) is 0 Å². The first-order valence-corrected chi connectivity index (χ1v) is 6.25. The van der Waals surface area contributed by atoms with Gasteiger partial charge in [0.25, 0.3) is 0 Å². The van der Waals surface area contributed by atoms with Gasteiger partial charge in [-0.2, -0.15) is 0 Å². The van der Waals surface area contributed by atoms with Crippen LogP contribution < -0.4 is 0 Å². The van der Waals surface area contributed by atoms with E-state index >= 15 is 0 Å². The predicted octanol–water partition coefficient (Wildman–Crippen LogP) is 1.83. The molecule has 0 radical (unpaired) electrons. The summed E-state index contributed by atoms with van der Waals surface area (Å²) < 4.78 is 10.7. The Labute approximate surface area is 104 Å². The van der Waals surface area contributed by atoms with E-state index in [-0.39, 0.29) is 11.5 Å². The van der Waals surface area contributed by atoms with E-state index in [0.717, 1.165) is 32.7 Å². The van der Waals surface area contributed by atoms with Gasteiger partial charge in [0.05, 0.1) is 13.2 Å². The Hall–Kier alpha value is -0.610. The van der Waals surface area contributed by atoms with Gasteiger partial charge in [-0.05, 0) is 27.7 Å². The van der Waals surface area contributed by atoms with Crippen molar-refractivity contribution in [1.29, 1.82) is 0 Å². The van der Waals surface area contributed by atoms with E-state index in [1.165, 1.54) is 6.92 Å². The maximum absolute atomic E-state index is 11.1. The highest BCUT2D eigenvalue weighted by molar-refractivity contribution is 5.66. The van der Waals surface area contributed by atoms with Gasteiger partial charge in [-0.3, -0.25) is 9.69 Å². The number of ether oxygens (including phenoxy) is 2. The largest absolute Gasteiger partial charge is 0.460 e. The number of carbonyl (C=O) groups is 1. The van der Waals surface area contributed by atoms with Gasteiger partial charge >= 0.3 is 5.97 Å². The van der Waals surface area contributed by atoms with Crippen molar-refractivity contribution in [2.24, 2.45) is 0 Å². The molecular formula is C13H25NO3. The second kappa shape index (κ2) is 5.36. The Morgan fingerprint density at radius 2 is 1.76 bits per heavy atom. The fourth-order valence-corrected chi connectivity index (χ4v) is 2.75. The first-order chi connectivity index (χ1) is 7.73. The summed E-state index contributed by atoms with van der Waals surface area (Å²) in [6.45, 7) is 13.3. The van der Waals surface area contributed by atoms with E-state index in [9.17, 15) is 4.79 Å². The zero-order valence-electron chi connectivity index (χ0n) is 11.7. The van der Waals surface area contributed by atoms with Crippen LogP contribution in [0.25, 0.3) is 0 Å². The molecule has 1 aliphatic heterocycles. The van der Waals surface area contributed by atoms with Crippen LogP contribution in [0, 0.1) is 0 Å². The highest BCUT2D eigenvalue weighted by atomic mass is 16.6. The smallest absolute Gasteiger partial charge is 0.303 e. The number of esters is 1. The monoisotopic (exact) mass is 243 g/mol. The van der Waals surface area contributed by atoms with Crippen LogP contribution in [-0.4, -0.2) is 48.3 Å². The molecule has 1 heterocycles. The minimum absolute atomic E-state index is 0.0166. The summed E-state index contributed by atoms with van der Waals surface area (Å²) >= 11 is 0. The lowest BCUT2D eigenvalue weighted by Gasteiger charge is -2.44. The van der Waals surface area contributed by atoms with Gasteiger partial charge in [0.2, 0.25) is 0 Å². The summed E-state index contributed by atoms with van der Waals surface area (Å²) in [5, 5.41) is 0. The van der Waals surface area contributed by atoms with E-state index in [0.29, 0.717) is 0 Å². The Morgan fingerprint density at radius 3 is 2.24 bits per heavy atom. The molecule has 0 unspecified atom stereocenters. The molecule has 0 aromatic heterocycles. The van der Waals surface area contributed by atoms with Crippen molar-refractivity contribution in [1.82, 2.24) is 4.90 Å². The highest BCUT2D eigenvalue weighted by Gasteiger charge is 2.35. The average molecular weight is 243 g/mol. The molecule has 0 aliphatic carbocycles. The standard InChI is InChI=1S/C13H25NO3/c1-11(15)17-13(4,5)10-12(2,3)14-6-8-16-9-7-14/h6-10H2,1-5H3. The third-order valence-electron chi connectivity index (χ3n) is 3.15. The molecule has 100 valence electrons. The summed E-state index contributed by atoms with van der Waals surface area (Å²) in [6.07, 6.45) is 0.819. The third kappa shape index (κ3) is 4.64. The van der Waals surface area contributed by atoms with Gasteiger partial charge in [-0.1, -0.05) is 0 Å². The Morgan fingerprint density at radius 1 is 1.24 bits per heavy atom. The first kappa shape index (κ1) is 14.5. The van der Waals surface area contributed by atoms with Crippen molar-refractivity contribution in [3.05, 3.63) is 0 Å². The number of nitrogens with zero attached hydrogens (tertiary/aromatic N) is 1. The number of morpholine rings is 1. The quantitative estimate of drug-likeness (QED) is 0.706. The van der Waals surface area contributed by atoms with Crippen molar-refractivity contribution in [2.75, 3.05) is 26.3 Å². The van der Waals surface area contributed by atoms with Crippen LogP contribution in [0.15, 0.2) is 0 Å². The summed E-state index contributed by atoms with van der Waals surface area (Å²) in [5.74, 6) is -0.215. The fourth-order valence-electron chi connectivity index (χ4n) is 2.75.